The predicted molar refractivity (Wildman–Crippen MR) is 83.9 cm³/mol. The van der Waals surface area contributed by atoms with Crippen LogP contribution >= 0.6 is 0 Å². The molecule has 2 rings (SSSR count). The van der Waals surface area contributed by atoms with Crippen LogP contribution in [0.2, 0.25) is 0 Å². The lowest BCUT2D eigenvalue weighted by molar-refractivity contribution is 0.0174. The summed E-state index contributed by atoms with van der Waals surface area (Å²) in [6.45, 7) is 6.76. The van der Waals surface area contributed by atoms with E-state index in [1.165, 1.54) is 6.07 Å². The zero-order valence-corrected chi connectivity index (χ0v) is 13.5. The van der Waals surface area contributed by atoms with Gasteiger partial charge in [0, 0.05) is 24.7 Å². The maximum Gasteiger partial charge on any atom is 0.410 e. The van der Waals surface area contributed by atoms with E-state index in [1.54, 1.807) is 23.1 Å². The first-order chi connectivity index (χ1) is 10.3. The molecule has 0 aromatic heterocycles. The number of carbonyl (C=O) groups excluding carboxylic acids is 1. The maximum atomic E-state index is 13.8. The molecule has 0 radical (unpaired) electrons. The van der Waals surface area contributed by atoms with Gasteiger partial charge in [0.15, 0.2) is 0 Å². The van der Waals surface area contributed by atoms with E-state index < -0.39 is 5.60 Å². The topological polar surface area (TPSA) is 55.6 Å². The molecule has 1 aromatic carbocycles. The van der Waals surface area contributed by atoms with E-state index in [0.717, 1.165) is 12.8 Å². The lowest BCUT2D eigenvalue weighted by atomic mass is 9.86. The van der Waals surface area contributed by atoms with Gasteiger partial charge in [0.2, 0.25) is 0 Å². The van der Waals surface area contributed by atoms with Crippen molar-refractivity contribution in [1.82, 2.24) is 4.90 Å². The number of rotatable bonds is 2. The second-order valence-electron chi connectivity index (χ2n) is 6.85. The molecular formula is C17H25FN2O2. The van der Waals surface area contributed by atoms with Gasteiger partial charge < -0.3 is 15.4 Å². The summed E-state index contributed by atoms with van der Waals surface area (Å²) in [4.78, 5) is 13.7. The first-order valence-corrected chi connectivity index (χ1v) is 7.76. The van der Waals surface area contributed by atoms with E-state index in [0.29, 0.717) is 18.7 Å². The summed E-state index contributed by atoms with van der Waals surface area (Å²) in [5.41, 5.74) is 6.28. The minimum atomic E-state index is -0.489. The third kappa shape index (κ3) is 4.19. The molecule has 0 aliphatic carbocycles. The van der Waals surface area contributed by atoms with Gasteiger partial charge in [-0.25, -0.2) is 9.18 Å². The Balaban J connectivity index is 1.92. The highest BCUT2D eigenvalue weighted by Gasteiger charge is 2.30. The zero-order valence-electron chi connectivity index (χ0n) is 13.5. The van der Waals surface area contributed by atoms with Gasteiger partial charge in [-0.15, -0.1) is 0 Å². The second kappa shape index (κ2) is 6.65. The molecule has 1 fully saturated rings. The van der Waals surface area contributed by atoms with Crippen molar-refractivity contribution in [3.63, 3.8) is 0 Å². The summed E-state index contributed by atoms with van der Waals surface area (Å²) in [5, 5.41) is 0. The highest BCUT2D eigenvalue weighted by Crippen LogP contribution is 2.30. The Bertz CT molecular complexity index is 520. The van der Waals surface area contributed by atoms with Crippen molar-refractivity contribution in [1.29, 1.82) is 0 Å². The summed E-state index contributed by atoms with van der Waals surface area (Å²) in [6.07, 6.45) is 1.23. The van der Waals surface area contributed by atoms with Gasteiger partial charge in [-0.3, -0.25) is 0 Å². The van der Waals surface area contributed by atoms with Crippen LogP contribution in [0.15, 0.2) is 24.3 Å². The third-order valence-electron chi connectivity index (χ3n) is 3.96. The molecule has 22 heavy (non-hydrogen) atoms. The number of piperidine rings is 1. The Hall–Kier alpha value is -1.62. The maximum absolute atomic E-state index is 13.8. The molecular weight excluding hydrogens is 283 g/mol. The standard InChI is InChI=1S/C17H25FN2O2/c1-17(2,3)22-16(21)20-10-8-12(9-11-20)15(19)13-6-4-5-7-14(13)18/h4-7,12,15H,8-11,19H2,1-3H3/t15-/m0/s1. The van der Waals surface area contributed by atoms with Gasteiger partial charge >= 0.3 is 6.09 Å². The molecule has 1 amide bonds. The number of nitrogens with zero attached hydrogens (tertiary/aromatic N) is 1. The number of nitrogens with two attached hydrogens (primary N) is 1. The van der Waals surface area contributed by atoms with E-state index in [9.17, 15) is 9.18 Å². The van der Waals surface area contributed by atoms with E-state index in [1.807, 2.05) is 20.8 Å². The molecule has 1 aliphatic rings. The predicted octanol–water partition coefficient (Wildman–Crippen LogP) is 3.47. The first kappa shape index (κ1) is 16.7. The lowest BCUT2D eigenvalue weighted by Gasteiger charge is -2.35. The van der Waals surface area contributed by atoms with Crippen LogP contribution in [-0.2, 0) is 4.74 Å². The van der Waals surface area contributed by atoms with Gasteiger partial charge in [0.05, 0.1) is 0 Å². The van der Waals surface area contributed by atoms with Crippen molar-refractivity contribution in [2.45, 2.75) is 45.3 Å². The van der Waals surface area contributed by atoms with Crippen molar-refractivity contribution in [2.24, 2.45) is 11.7 Å². The molecule has 1 atom stereocenters. The average molecular weight is 308 g/mol. The van der Waals surface area contributed by atoms with Gasteiger partial charge in [-0.05, 0) is 45.6 Å². The van der Waals surface area contributed by atoms with Crippen LogP contribution < -0.4 is 5.73 Å². The molecule has 1 aliphatic heterocycles. The van der Waals surface area contributed by atoms with Gasteiger partial charge in [0.1, 0.15) is 11.4 Å². The summed E-state index contributed by atoms with van der Waals surface area (Å²) in [7, 11) is 0. The van der Waals surface area contributed by atoms with E-state index in [4.69, 9.17) is 10.5 Å². The van der Waals surface area contributed by atoms with Crippen molar-refractivity contribution in [2.75, 3.05) is 13.1 Å². The Morgan fingerprint density at radius 2 is 1.91 bits per heavy atom. The Morgan fingerprint density at radius 3 is 2.45 bits per heavy atom. The van der Waals surface area contributed by atoms with Crippen molar-refractivity contribution in [3.05, 3.63) is 35.6 Å². The van der Waals surface area contributed by atoms with E-state index >= 15 is 0 Å². The molecule has 2 N–H and O–H groups in total. The molecule has 1 aromatic rings. The molecule has 5 heteroatoms. The molecule has 0 unspecified atom stereocenters. The fourth-order valence-electron chi connectivity index (χ4n) is 2.77. The quantitative estimate of drug-likeness (QED) is 0.910. The number of hydrogen-bond acceptors (Lipinski definition) is 3. The molecule has 4 nitrogen and oxygen atoms in total. The molecule has 0 bridgehead atoms. The van der Waals surface area contributed by atoms with Gasteiger partial charge in [-0.2, -0.15) is 0 Å². The fourth-order valence-corrected chi connectivity index (χ4v) is 2.77. The lowest BCUT2D eigenvalue weighted by Crippen LogP contribution is -2.43. The van der Waals surface area contributed by atoms with E-state index in [2.05, 4.69) is 0 Å². The minimum Gasteiger partial charge on any atom is -0.444 e. The van der Waals surface area contributed by atoms with E-state index in [-0.39, 0.29) is 23.9 Å². The van der Waals surface area contributed by atoms with Gasteiger partial charge in [-0.1, -0.05) is 18.2 Å². The average Bonchev–Trinajstić information content (AvgIpc) is 2.45. The zero-order chi connectivity index (χ0) is 16.3. The molecule has 122 valence electrons. The number of ether oxygens (including phenoxy) is 1. The third-order valence-corrected chi connectivity index (χ3v) is 3.96. The number of hydrogen-bond donors (Lipinski definition) is 1. The summed E-state index contributed by atoms with van der Waals surface area (Å²) >= 11 is 0. The number of amides is 1. The summed E-state index contributed by atoms with van der Waals surface area (Å²) in [5.74, 6) is -0.0832. The Labute approximate surface area is 131 Å². The summed E-state index contributed by atoms with van der Waals surface area (Å²) in [6, 6.07) is 6.30. The molecule has 0 spiro atoms. The van der Waals surface area contributed by atoms with Crippen molar-refractivity contribution < 1.29 is 13.9 Å². The second-order valence-corrected chi connectivity index (χ2v) is 6.85. The van der Waals surface area contributed by atoms with Gasteiger partial charge in [0.25, 0.3) is 0 Å². The minimum absolute atomic E-state index is 0.176. The van der Waals surface area contributed by atoms with Crippen LogP contribution in [0.1, 0.15) is 45.2 Å². The van der Waals surface area contributed by atoms with Crippen LogP contribution in [0, 0.1) is 11.7 Å². The van der Waals surface area contributed by atoms with Crippen molar-refractivity contribution in [3.8, 4) is 0 Å². The smallest absolute Gasteiger partial charge is 0.410 e. The highest BCUT2D eigenvalue weighted by molar-refractivity contribution is 5.68. The largest absolute Gasteiger partial charge is 0.444 e. The Kier molecular flexibility index (Phi) is 5.06. The van der Waals surface area contributed by atoms with Crippen LogP contribution in [-0.4, -0.2) is 29.7 Å². The highest BCUT2D eigenvalue weighted by atomic mass is 19.1. The number of halogens is 1. The Morgan fingerprint density at radius 1 is 1.32 bits per heavy atom. The summed E-state index contributed by atoms with van der Waals surface area (Å²) < 4.78 is 19.2. The van der Waals surface area contributed by atoms with Crippen LogP contribution in [0.25, 0.3) is 0 Å². The number of benzene rings is 1. The van der Waals surface area contributed by atoms with Crippen LogP contribution in [0.5, 0.6) is 0 Å². The number of carbonyl (C=O) groups is 1. The molecule has 1 heterocycles. The van der Waals surface area contributed by atoms with Crippen LogP contribution in [0.4, 0.5) is 9.18 Å². The fraction of sp³-hybridized carbons (Fsp3) is 0.588. The van der Waals surface area contributed by atoms with Crippen molar-refractivity contribution >= 4 is 6.09 Å². The first-order valence-electron chi connectivity index (χ1n) is 7.76. The van der Waals surface area contributed by atoms with Crippen LogP contribution in [0.3, 0.4) is 0 Å². The molecule has 1 saturated heterocycles. The normalized spacial score (nSPS) is 18.1. The monoisotopic (exact) mass is 308 g/mol. The molecule has 0 saturated carbocycles. The SMILES string of the molecule is CC(C)(C)OC(=O)N1CCC([C@H](N)c2ccccc2F)CC1. The number of likely N-dealkylation sites (tertiary alicyclic amines) is 1.